The van der Waals surface area contributed by atoms with Gasteiger partial charge in [-0.15, -0.1) is 0 Å². The minimum Gasteiger partial charge on any atom is -0.228 e. The van der Waals surface area contributed by atoms with E-state index in [0.29, 0.717) is 0 Å². The molecule has 0 aliphatic rings. The molecule has 0 aliphatic carbocycles. The number of aryl methyl sites for hydroxylation is 1. The van der Waals surface area contributed by atoms with Crippen LogP contribution in [-0.4, -0.2) is 9.97 Å². The van der Waals surface area contributed by atoms with Crippen LogP contribution in [0.15, 0.2) is 115 Å². The van der Waals surface area contributed by atoms with E-state index in [1.807, 2.05) is 48.5 Å². The minimum atomic E-state index is 0.736. The second-order valence-electron chi connectivity index (χ2n) is 7.64. The predicted octanol–water partition coefficient (Wildman–Crippen LogP) is 7.45. The molecule has 5 rings (SSSR count). The summed E-state index contributed by atoms with van der Waals surface area (Å²) in [6.07, 6.45) is 0. The second kappa shape index (κ2) is 8.37. The average molecular weight is 399 g/mol. The van der Waals surface area contributed by atoms with Crippen LogP contribution in [0.5, 0.6) is 0 Å². The number of benzene rings is 4. The largest absolute Gasteiger partial charge is 0.228 e. The summed E-state index contributed by atoms with van der Waals surface area (Å²) < 4.78 is 0. The van der Waals surface area contributed by atoms with Crippen molar-refractivity contribution < 1.29 is 0 Å². The van der Waals surface area contributed by atoms with Gasteiger partial charge in [0.05, 0.1) is 11.4 Å². The Hall–Kier alpha value is -4.04. The molecule has 1 aromatic heterocycles. The lowest BCUT2D eigenvalue weighted by molar-refractivity contribution is 1.18. The third-order valence-corrected chi connectivity index (χ3v) is 5.39. The normalized spacial score (nSPS) is 10.7. The van der Waals surface area contributed by atoms with Crippen molar-refractivity contribution in [2.24, 2.45) is 0 Å². The molecule has 0 unspecified atom stereocenters. The molecule has 0 spiro atoms. The first-order valence-corrected chi connectivity index (χ1v) is 10.4. The zero-order chi connectivity index (χ0) is 21.0. The Bertz CT molecular complexity index is 1230. The molecule has 148 valence electrons. The lowest BCUT2D eigenvalue weighted by Gasteiger charge is -2.10. The molecule has 0 saturated carbocycles. The van der Waals surface area contributed by atoms with Gasteiger partial charge in [-0.25, -0.2) is 9.97 Å². The first-order chi connectivity index (χ1) is 15.3. The van der Waals surface area contributed by atoms with E-state index < -0.39 is 0 Å². The van der Waals surface area contributed by atoms with E-state index in [1.165, 1.54) is 16.7 Å². The molecular weight excluding hydrogens is 376 g/mol. The van der Waals surface area contributed by atoms with Crippen molar-refractivity contribution in [1.29, 1.82) is 0 Å². The fourth-order valence-electron chi connectivity index (χ4n) is 3.65. The summed E-state index contributed by atoms with van der Waals surface area (Å²) in [5.41, 5.74) is 8.70. The first-order valence-electron chi connectivity index (χ1n) is 10.4. The highest BCUT2D eigenvalue weighted by atomic mass is 14.9. The average Bonchev–Trinajstić information content (AvgIpc) is 2.85. The third kappa shape index (κ3) is 4.15. The molecule has 0 bridgehead atoms. The smallest absolute Gasteiger partial charge is 0.160 e. The minimum absolute atomic E-state index is 0.736. The number of nitrogens with zero attached hydrogens (tertiary/aromatic N) is 2. The van der Waals surface area contributed by atoms with Crippen molar-refractivity contribution in [3.8, 4) is 45.0 Å². The molecule has 5 aromatic rings. The van der Waals surface area contributed by atoms with Crippen LogP contribution >= 0.6 is 0 Å². The van der Waals surface area contributed by atoms with Gasteiger partial charge < -0.3 is 0 Å². The third-order valence-electron chi connectivity index (χ3n) is 5.39. The number of aromatic nitrogens is 2. The SMILES string of the molecule is Cc1ccc(-c2ccc(-c3cc(-c4ccccc4)nc(-c4ccccc4)n3)cc2)cc1. The summed E-state index contributed by atoms with van der Waals surface area (Å²) in [5.74, 6) is 0.736. The van der Waals surface area contributed by atoms with Gasteiger partial charge in [-0.2, -0.15) is 0 Å². The highest BCUT2D eigenvalue weighted by Crippen LogP contribution is 2.29. The zero-order valence-corrected chi connectivity index (χ0v) is 17.4. The van der Waals surface area contributed by atoms with E-state index in [2.05, 4.69) is 73.7 Å². The molecular formula is C29H22N2. The molecule has 0 radical (unpaired) electrons. The van der Waals surface area contributed by atoms with Crippen LogP contribution in [0.2, 0.25) is 0 Å². The molecule has 2 heteroatoms. The van der Waals surface area contributed by atoms with Gasteiger partial charge in [0.25, 0.3) is 0 Å². The molecule has 31 heavy (non-hydrogen) atoms. The standard InChI is InChI=1S/C29H22N2/c1-21-12-14-22(15-13-21)23-16-18-25(19-17-23)28-20-27(24-8-4-2-5-9-24)30-29(31-28)26-10-6-3-7-11-26/h2-20H,1H3. The van der Waals surface area contributed by atoms with Gasteiger partial charge in [-0.05, 0) is 24.1 Å². The maximum Gasteiger partial charge on any atom is 0.160 e. The van der Waals surface area contributed by atoms with Gasteiger partial charge in [-0.1, -0.05) is 115 Å². The first kappa shape index (κ1) is 19.0. The summed E-state index contributed by atoms with van der Waals surface area (Å²) in [5, 5.41) is 0. The quantitative estimate of drug-likeness (QED) is 0.314. The van der Waals surface area contributed by atoms with Crippen LogP contribution in [0.1, 0.15) is 5.56 Å². The van der Waals surface area contributed by atoms with Gasteiger partial charge in [0, 0.05) is 16.7 Å². The van der Waals surface area contributed by atoms with E-state index in [0.717, 1.165) is 33.9 Å². The topological polar surface area (TPSA) is 25.8 Å². The summed E-state index contributed by atoms with van der Waals surface area (Å²) >= 11 is 0. The van der Waals surface area contributed by atoms with E-state index >= 15 is 0 Å². The highest BCUT2D eigenvalue weighted by Gasteiger charge is 2.10. The van der Waals surface area contributed by atoms with Crippen LogP contribution in [-0.2, 0) is 0 Å². The predicted molar refractivity (Wildman–Crippen MR) is 129 cm³/mol. The Kier molecular flexibility index (Phi) is 5.12. The molecule has 0 saturated heterocycles. The molecule has 0 fully saturated rings. The molecule has 0 N–H and O–H groups in total. The Morgan fingerprint density at radius 3 is 1.39 bits per heavy atom. The van der Waals surface area contributed by atoms with Crippen LogP contribution < -0.4 is 0 Å². The maximum absolute atomic E-state index is 4.90. The highest BCUT2D eigenvalue weighted by molar-refractivity contribution is 5.74. The summed E-state index contributed by atoms with van der Waals surface area (Å²) in [6.45, 7) is 2.11. The lowest BCUT2D eigenvalue weighted by atomic mass is 10.0. The monoisotopic (exact) mass is 398 g/mol. The molecule has 0 aliphatic heterocycles. The van der Waals surface area contributed by atoms with E-state index in [4.69, 9.17) is 9.97 Å². The molecule has 0 atom stereocenters. The Balaban J connectivity index is 1.58. The van der Waals surface area contributed by atoms with Gasteiger partial charge in [-0.3, -0.25) is 0 Å². The molecule has 1 heterocycles. The van der Waals surface area contributed by atoms with Gasteiger partial charge in [0.15, 0.2) is 5.82 Å². The van der Waals surface area contributed by atoms with Crippen LogP contribution in [0, 0.1) is 6.92 Å². The Morgan fingerprint density at radius 1 is 0.419 bits per heavy atom. The van der Waals surface area contributed by atoms with Crippen LogP contribution in [0.3, 0.4) is 0 Å². The van der Waals surface area contributed by atoms with E-state index in [-0.39, 0.29) is 0 Å². The van der Waals surface area contributed by atoms with E-state index in [9.17, 15) is 0 Å². The number of hydrogen-bond acceptors (Lipinski definition) is 2. The fourth-order valence-corrected chi connectivity index (χ4v) is 3.65. The summed E-state index contributed by atoms with van der Waals surface area (Å²) in [6, 6.07) is 39.7. The molecule has 4 aromatic carbocycles. The second-order valence-corrected chi connectivity index (χ2v) is 7.64. The van der Waals surface area contributed by atoms with Crippen LogP contribution in [0.25, 0.3) is 45.0 Å². The van der Waals surface area contributed by atoms with Crippen molar-refractivity contribution in [3.05, 3.63) is 121 Å². The van der Waals surface area contributed by atoms with Crippen molar-refractivity contribution >= 4 is 0 Å². The summed E-state index contributed by atoms with van der Waals surface area (Å²) in [4.78, 5) is 9.76. The van der Waals surface area contributed by atoms with Crippen molar-refractivity contribution in [2.75, 3.05) is 0 Å². The molecule has 0 amide bonds. The van der Waals surface area contributed by atoms with Crippen molar-refractivity contribution in [2.45, 2.75) is 6.92 Å². The van der Waals surface area contributed by atoms with E-state index in [1.54, 1.807) is 0 Å². The number of rotatable bonds is 4. The zero-order valence-electron chi connectivity index (χ0n) is 17.4. The Morgan fingerprint density at radius 2 is 0.839 bits per heavy atom. The van der Waals surface area contributed by atoms with Gasteiger partial charge in [0.1, 0.15) is 0 Å². The van der Waals surface area contributed by atoms with Crippen molar-refractivity contribution in [3.63, 3.8) is 0 Å². The van der Waals surface area contributed by atoms with Gasteiger partial charge >= 0.3 is 0 Å². The fraction of sp³-hybridized carbons (Fsp3) is 0.0345. The van der Waals surface area contributed by atoms with Crippen LogP contribution in [0.4, 0.5) is 0 Å². The lowest BCUT2D eigenvalue weighted by Crippen LogP contribution is -1.95. The van der Waals surface area contributed by atoms with Gasteiger partial charge in [0.2, 0.25) is 0 Å². The molecule has 2 nitrogen and oxygen atoms in total. The number of hydrogen-bond donors (Lipinski definition) is 0. The van der Waals surface area contributed by atoms with Crippen molar-refractivity contribution in [1.82, 2.24) is 9.97 Å². The maximum atomic E-state index is 4.90. The summed E-state index contributed by atoms with van der Waals surface area (Å²) in [7, 11) is 0. The Labute approximate surface area is 182 Å².